The van der Waals surface area contributed by atoms with Crippen LogP contribution in [0.3, 0.4) is 0 Å². The van der Waals surface area contributed by atoms with Crippen molar-refractivity contribution in [3.63, 3.8) is 0 Å². The molecule has 0 radical (unpaired) electrons. The lowest BCUT2D eigenvalue weighted by molar-refractivity contribution is 0.603. The first-order valence-electron chi connectivity index (χ1n) is 3.37. The van der Waals surface area contributed by atoms with E-state index in [-0.39, 0.29) is 0 Å². The lowest BCUT2D eigenvalue weighted by Crippen LogP contribution is -1.88. The van der Waals surface area contributed by atoms with Crippen LogP contribution in [0.5, 0.6) is 0 Å². The second-order valence-corrected chi connectivity index (χ2v) is 2.50. The van der Waals surface area contributed by atoms with Crippen molar-refractivity contribution in [2.45, 2.75) is 6.92 Å². The summed E-state index contributed by atoms with van der Waals surface area (Å²) in [6, 6.07) is 3.82. The number of nitrogens with two attached hydrogens (primary N) is 1. The molecule has 0 spiro atoms. The quantitative estimate of drug-likeness (QED) is 0.578. The van der Waals surface area contributed by atoms with Crippen molar-refractivity contribution in [2.75, 3.05) is 5.73 Å². The van der Waals surface area contributed by atoms with Crippen LogP contribution in [-0.4, -0.2) is 4.98 Å². The summed E-state index contributed by atoms with van der Waals surface area (Å²) in [5.74, 6) is 0. The molecule has 0 aliphatic carbocycles. The molecule has 2 rings (SSSR count). The molecule has 1 heterocycles. The molecule has 0 bridgehead atoms. The number of nitrogens with zero attached hydrogens (tertiary/aromatic N) is 1. The number of fused-ring (bicyclic) bond motifs is 1. The van der Waals surface area contributed by atoms with Crippen molar-refractivity contribution in [3.05, 3.63) is 24.1 Å². The molecule has 0 aliphatic rings. The Morgan fingerprint density at radius 3 is 3.09 bits per heavy atom. The number of hydrogen-bond acceptors (Lipinski definition) is 3. The Labute approximate surface area is 63.8 Å². The Morgan fingerprint density at radius 2 is 2.27 bits per heavy atom. The van der Waals surface area contributed by atoms with Gasteiger partial charge in [-0.2, -0.15) is 0 Å². The van der Waals surface area contributed by atoms with E-state index in [4.69, 9.17) is 10.2 Å². The molecule has 56 valence electrons. The zero-order valence-corrected chi connectivity index (χ0v) is 6.16. The summed E-state index contributed by atoms with van der Waals surface area (Å²) in [5, 5.41) is 0. The maximum atomic E-state index is 5.73. The van der Waals surface area contributed by atoms with Crippen molar-refractivity contribution < 1.29 is 4.42 Å². The van der Waals surface area contributed by atoms with E-state index in [1.807, 2.05) is 19.1 Å². The van der Waals surface area contributed by atoms with Crippen molar-refractivity contribution in [2.24, 2.45) is 0 Å². The Balaban J connectivity index is 2.93. The lowest BCUT2D eigenvalue weighted by atomic mass is 10.2. The first-order chi connectivity index (χ1) is 5.29. The third kappa shape index (κ3) is 0.774. The van der Waals surface area contributed by atoms with E-state index < -0.39 is 0 Å². The molecule has 2 aromatic rings. The third-order valence-corrected chi connectivity index (χ3v) is 1.76. The van der Waals surface area contributed by atoms with E-state index in [0.29, 0.717) is 11.3 Å². The fourth-order valence-corrected chi connectivity index (χ4v) is 1.05. The molecular weight excluding hydrogens is 140 g/mol. The van der Waals surface area contributed by atoms with Crippen molar-refractivity contribution >= 4 is 16.8 Å². The van der Waals surface area contributed by atoms with Crippen LogP contribution in [0.4, 0.5) is 5.69 Å². The van der Waals surface area contributed by atoms with Crippen molar-refractivity contribution in [3.8, 4) is 0 Å². The Kier molecular flexibility index (Phi) is 1.12. The highest BCUT2D eigenvalue weighted by atomic mass is 16.3. The maximum absolute atomic E-state index is 5.73. The zero-order chi connectivity index (χ0) is 7.84. The molecule has 1 aromatic heterocycles. The molecule has 0 atom stereocenters. The van der Waals surface area contributed by atoms with Crippen LogP contribution < -0.4 is 5.73 Å². The monoisotopic (exact) mass is 148 g/mol. The van der Waals surface area contributed by atoms with Crippen molar-refractivity contribution in [1.29, 1.82) is 0 Å². The maximum Gasteiger partial charge on any atom is 0.182 e. The zero-order valence-electron chi connectivity index (χ0n) is 6.16. The first-order valence-corrected chi connectivity index (χ1v) is 3.37. The van der Waals surface area contributed by atoms with Crippen LogP contribution in [0.1, 0.15) is 5.56 Å². The Hall–Kier alpha value is -1.51. The summed E-state index contributed by atoms with van der Waals surface area (Å²) in [5.41, 5.74) is 8.93. The average Bonchev–Trinajstić information content (AvgIpc) is 2.45. The smallest absolute Gasteiger partial charge is 0.182 e. The summed E-state index contributed by atoms with van der Waals surface area (Å²) >= 11 is 0. The van der Waals surface area contributed by atoms with Gasteiger partial charge < -0.3 is 10.2 Å². The minimum absolute atomic E-state index is 0.681. The SMILES string of the molecule is Cc1ccc2ncoc2c1N. The van der Waals surface area contributed by atoms with E-state index >= 15 is 0 Å². The van der Waals surface area contributed by atoms with Crippen LogP contribution in [0.25, 0.3) is 11.1 Å². The molecule has 0 aliphatic heterocycles. The van der Waals surface area contributed by atoms with E-state index in [1.165, 1.54) is 6.39 Å². The van der Waals surface area contributed by atoms with Gasteiger partial charge in [0.15, 0.2) is 12.0 Å². The molecule has 2 N–H and O–H groups in total. The molecule has 0 saturated carbocycles. The van der Waals surface area contributed by atoms with Gasteiger partial charge in [-0.1, -0.05) is 6.07 Å². The fourth-order valence-electron chi connectivity index (χ4n) is 1.05. The number of nitrogen functional groups attached to an aromatic ring is 1. The highest BCUT2D eigenvalue weighted by Gasteiger charge is 2.03. The summed E-state index contributed by atoms with van der Waals surface area (Å²) in [6.07, 6.45) is 1.40. The highest BCUT2D eigenvalue weighted by molar-refractivity contribution is 5.86. The van der Waals surface area contributed by atoms with Crippen LogP contribution >= 0.6 is 0 Å². The van der Waals surface area contributed by atoms with Gasteiger partial charge >= 0.3 is 0 Å². The van der Waals surface area contributed by atoms with Gasteiger partial charge in [0.05, 0.1) is 5.69 Å². The molecule has 0 saturated heterocycles. The average molecular weight is 148 g/mol. The number of oxazole rings is 1. The van der Waals surface area contributed by atoms with Gasteiger partial charge in [0.1, 0.15) is 5.52 Å². The van der Waals surface area contributed by atoms with Gasteiger partial charge in [0, 0.05) is 0 Å². The van der Waals surface area contributed by atoms with Gasteiger partial charge in [0.25, 0.3) is 0 Å². The fraction of sp³-hybridized carbons (Fsp3) is 0.125. The topological polar surface area (TPSA) is 52.0 Å². The predicted molar refractivity (Wildman–Crippen MR) is 43.2 cm³/mol. The first kappa shape index (κ1) is 6.22. The standard InChI is InChI=1S/C8H8N2O/c1-5-2-3-6-8(7(5)9)11-4-10-6/h2-4H,9H2,1H3. The van der Waals surface area contributed by atoms with Gasteiger partial charge in [-0.3, -0.25) is 0 Å². The highest BCUT2D eigenvalue weighted by Crippen LogP contribution is 2.22. The minimum atomic E-state index is 0.681. The second-order valence-electron chi connectivity index (χ2n) is 2.50. The van der Waals surface area contributed by atoms with Crippen molar-refractivity contribution in [1.82, 2.24) is 4.98 Å². The summed E-state index contributed by atoms with van der Waals surface area (Å²) < 4.78 is 5.09. The Morgan fingerprint density at radius 1 is 1.45 bits per heavy atom. The van der Waals surface area contributed by atoms with E-state index in [1.54, 1.807) is 0 Å². The summed E-state index contributed by atoms with van der Waals surface area (Å²) in [4.78, 5) is 3.97. The summed E-state index contributed by atoms with van der Waals surface area (Å²) in [6.45, 7) is 1.94. The number of aromatic nitrogens is 1. The number of aryl methyl sites for hydroxylation is 1. The molecule has 3 nitrogen and oxygen atoms in total. The minimum Gasteiger partial charge on any atom is -0.441 e. The number of rotatable bonds is 0. The van der Waals surface area contributed by atoms with E-state index in [9.17, 15) is 0 Å². The Bertz CT molecular complexity index is 392. The van der Waals surface area contributed by atoms with Gasteiger partial charge in [0.2, 0.25) is 0 Å². The molecule has 1 aromatic carbocycles. The summed E-state index contributed by atoms with van der Waals surface area (Å²) in [7, 11) is 0. The number of hydrogen-bond donors (Lipinski definition) is 1. The van der Waals surface area contributed by atoms with Crippen LogP contribution in [0.15, 0.2) is 22.9 Å². The predicted octanol–water partition coefficient (Wildman–Crippen LogP) is 1.72. The number of benzene rings is 1. The molecule has 0 fully saturated rings. The van der Waals surface area contributed by atoms with Crippen LogP contribution in [0, 0.1) is 6.92 Å². The van der Waals surface area contributed by atoms with Gasteiger partial charge in [-0.25, -0.2) is 4.98 Å². The van der Waals surface area contributed by atoms with Gasteiger partial charge in [-0.05, 0) is 18.6 Å². The van der Waals surface area contributed by atoms with Gasteiger partial charge in [-0.15, -0.1) is 0 Å². The molecule has 3 heteroatoms. The van der Waals surface area contributed by atoms with Crippen LogP contribution in [0.2, 0.25) is 0 Å². The molecule has 0 unspecified atom stereocenters. The molecule has 11 heavy (non-hydrogen) atoms. The second kappa shape index (κ2) is 1.99. The van der Waals surface area contributed by atoms with E-state index in [2.05, 4.69) is 4.98 Å². The third-order valence-electron chi connectivity index (χ3n) is 1.76. The molecule has 0 amide bonds. The van der Waals surface area contributed by atoms with E-state index in [0.717, 1.165) is 11.1 Å². The largest absolute Gasteiger partial charge is 0.441 e. The lowest BCUT2D eigenvalue weighted by Gasteiger charge is -1.96. The molecular formula is C8H8N2O. The van der Waals surface area contributed by atoms with Crippen LogP contribution in [-0.2, 0) is 0 Å². The normalized spacial score (nSPS) is 10.6. The number of anilines is 1.